The zero-order valence-corrected chi connectivity index (χ0v) is 15.5. The van der Waals surface area contributed by atoms with Crippen LogP contribution in [-0.2, 0) is 4.79 Å². The number of hydrogen-bond donors (Lipinski definition) is 2. The first-order chi connectivity index (χ1) is 14.1. The van der Waals surface area contributed by atoms with Crippen LogP contribution in [0.15, 0.2) is 30.7 Å². The summed E-state index contributed by atoms with van der Waals surface area (Å²) in [7, 11) is 0. The molecule has 1 fully saturated rings. The minimum absolute atomic E-state index is 0.0390. The minimum Gasteiger partial charge on any atom is -0.379 e. The first kappa shape index (κ1) is 18.9. The van der Waals surface area contributed by atoms with Crippen LogP contribution < -0.4 is 5.32 Å². The number of amides is 1. The third-order valence-electron chi connectivity index (χ3n) is 5.02. The van der Waals surface area contributed by atoms with Crippen molar-refractivity contribution < 1.29 is 13.6 Å². The van der Waals surface area contributed by atoms with Gasteiger partial charge in [-0.1, -0.05) is 0 Å². The van der Waals surface area contributed by atoms with E-state index in [1.54, 1.807) is 17.3 Å². The summed E-state index contributed by atoms with van der Waals surface area (Å²) in [5, 5.41) is 17.0. The fraction of sp³-hybridized carbons (Fsp3) is 0.368. The molecule has 1 atom stereocenters. The Hall–Kier alpha value is -3.48. The van der Waals surface area contributed by atoms with E-state index in [2.05, 4.69) is 20.4 Å². The van der Waals surface area contributed by atoms with Crippen LogP contribution in [0.1, 0.15) is 25.8 Å². The SMILES string of the molecule is N#CCC(=O)N1CCC[C@@H](Nc2c(-c3ccn(C(F)F)n3)cnc3[nH]ccc23)C1. The first-order valence-corrected chi connectivity index (χ1v) is 9.28. The van der Waals surface area contributed by atoms with E-state index >= 15 is 0 Å². The molecule has 150 valence electrons. The largest absolute Gasteiger partial charge is 0.379 e. The molecule has 0 bridgehead atoms. The van der Waals surface area contributed by atoms with Crippen LogP contribution in [0.25, 0.3) is 22.3 Å². The molecule has 0 spiro atoms. The van der Waals surface area contributed by atoms with Crippen molar-refractivity contribution in [3.8, 4) is 17.3 Å². The smallest absolute Gasteiger partial charge is 0.333 e. The van der Waals surface area contributed by atoms with E-state index in [1.165, 1.54) is 12.3 Å². The molecular formula is C19H19F2N7O. The topological polar surface area (TPSA) is 103 Å². The van der Waals surface area contributed by atoms with E-state index in [-0.39, 0.29) is 18.4 Å². The van der Waals surface area contributed by atoms with E-state index in [9.17, 15) is 13.6 Å². The Kier molecular flexibility index (Phi) is 5.12. The monoisotopic (exact) mass is 399 g/mol. The van der Waals surface area contributed by atoms with Gasteiger partial charge in [0.1, 0.15) is 12.1 Å². The lowest BCUT2D eigenvalue weighted by molar-refractivity contribution is -0.131. The van der Waals surface area contributed by atoms with Crippen molar-refractivity contribution in [3.63, 3.8) is 0 Å². The predicted octanol–water partition coefficient (Wildman–Crippen LogP) is 3.14. The summed E-state index contributed by atoms with van der Waals surface area (Å²) in [6.07, 6.45) is 6.10. The van der Waals surface area contributed by atoms with Gasteiger partial charge in [0, 0.05) is 48.7 Å². The number of H-pyrrole nitrogens is 1. The predicted molar refractivity (Wildman–Crippen MR) is 102 cm³/mol. The fourth-order valence-corrected chi connectivity index (χ4v) is 3.65. The molecule has 3 aromatic heterocycles. The molecule has 0 radical (unpaired) electrons. The van der Waals surface area contributed by atoms with E-state index in [0.717, 1.165) is 23.9 Å². The standard InChI is InChI=1S/C19H19F2N7O/c20-19(21)28-9-5-15(26-28)14-10-24-18-13(4-7-23-18)17(14)25-12-2-1-8-27(11-12)16(29)3-6-22/h4-5,7,9-10,12,19H,1-3,8,11H2,(H2,23,24,25)/t12-/m1/s1. The summed E-state index contributed by atoms with van der Waals surface area (Å²) in [5.41, 5.74) is 2.39. The number of rotatable bonds is 5. The van der Waals surface area contributed by atoms with Gasteiger partial charge in [0.05, 0.1) is 17.5 Å². The molecular weight excluding hydrogens is 380 g/mol. The Morgan fingerprint density at radius 3 is 3.07 bits per heavy atom. The van der Waals surface area contributed by atoms with Crippen molar-refractivity contribution in [2.45, 2.75) is 31.9 Å². The Bertz CT molecular complexity index is 1070. The number of fused-ring (bicyclic) bond motifs is 1. The van der Waals surface area contributed by atoms with Gasteiger partial charge in [0.2, 0.25) is 5.91 Å². The molecule has 10 heteroatoms. The number of aromatic amines is 1. The first-order valence-electron chi connectivity index (χ1n) is 9.28. The number of pyridine rings is 1. The van der Waals surface area contributed by atoms with Crippen LogP contribution in [0.5, 0.6) is 0 Å². The number of carbonyl (C=O) groups is 1. The molecule has 1 saturated heterocycles. The highest BCUT2D eigenvalue weighted by atomic mass is 19.3. The molecule has 29 heavy (non-hydrogen) atoms. The number of anilines is 1. The van der Waals surface area contributed by atoms with Gasteiger partial charge in [0.25, 0.3) is 0 Å². The van der Waals surface area contributed by atoms with Gasteiger partial charge in [-0.25, -0.2) is 9.67 Å². The third kappa shape index (κ3) is 3.76. The highest BCUT2D eigenvalue weighted by Gasteiger charge is 2.25. The summed E-state index contributed by atoms with van der Waals surface area (Å²) >= 11 is 0. The van der Waals surface area contributed by atoms with Crippen molar-refractivity contribution in [2.75, 3.05) is 18.4 Å². The number of carbonyl (C=O) groups excluding carboxylic acids is 1. The highest BCUT2D eigenvalue weighted by Crippen LogP contribution is 2.34. The van der Waals surface area contributed by atoms with Crippen LogP contribution in [-0.4, -0.2) is 49.7 Å². The van der Waals surface area contributed by atoms with Crippen LogP contribution in [0, 0.1) is 11.3 Å². The van der Waals surface area contributed by atoms with Gasteiger partial charge in [-0.2, -0.15) is 19.1 Å². The summed E-state index contributed by atoms with van der Waals surface area (Å²) < 4.78 is 26.5. The number of nitrogens with one attached hydrogen (secondary N) is 2. The van der Waals surface area contributed by atoms with Crippen molar-refractivity contribution in [1.29, 1.82) is 5.26 Å². The van der Waals surface area contributed by atoms with Crippen LogP contribution in [0.3, 0.4) is 0 Å². The van der Waals surface area contributed by atoms with Gasteiger partial charge in [-0.05, 0) is 25.0 Å². The fourth-order valence-electron chi connectivity index (χ4n) is 3.65. The zero-order chi connectivity index (χ0) is 20.4. The summed E-state index contributed by atoms with van der Waals surface area (Å²) in [6.45, 7) is -1.62. The molecule has 0 aromatic carbocycles. The van der Waals surface area contributed by atoms with Gasteiger partial charge < -0.3 is 15.2 Å². The maximum Gasteiger partial charge on any atom is 0.333 e. The van der Waals surface area contributed by atoms with Crippen molar-refractivity contribution >= 4 is 22.6 Å². The number of hydrogen-bond acceptors (Lipinski definition) is 5. The summed E-state index contributed by atoms with van der Waals surface area (Å²) in [5.74, 6) is -0.184. The number of nitriles is 1. The minimum atomic E-state index is -2.72. The summed E-state index contributed by atoms with van der Waals surface area (Å²) in [6, 6.07) is 5.24. The average Bonchev–Trinajstić information content (AvgIpc) is 3.38. The Morgan fingerprint density at radius 2 is 2.31 bits per heavy atom. The van der Waals surface area contributed by atoms with Gasteiger partial charge in [-0.15, -0.1) is 0 Å². The lowest BCUT2D eigenvalue weighted by Crippen LogP contribution is -2.45. The molecule has 3 aromatic rings. The van der Waals surface area contributed by atoms with E-state index in [1.807, 2.05) is 12.1 Å². The second kappa shape index (κ2) is 7.87. The van der Waals surface area contributed by atoms with Crippen LogP contribution in [0.2, 0.25) is 0 Å². The van der Waals surface area contributed by atoms with E-state index in [4.69, 9.17) is 5.26 Å². The Labute approximate surface area is 165 Å². The number of alkyl halides is 2. The van der Waals surface area contributed by atoms with Gasteiger partial charge in [0.15, 0.2) is 0 Å². The number of nitrogens with zero attached hydrogens (tertiary/aromatic N) is 5. The second-order valence-corrected chi connectivity index (χ2v) is 6.90. The molecule has 0 unspecified atom stereocenters. The number of piperidine rings is 1. The number of aromatic nitrogens is 4. The molecule has 4 rings (SSSR count). The van der Waals surface area contributed by atoms with Gasteiger partial charge >= 0.3 is 6.55 Å². The van der Waals surface area contributed by atoms with Crippen molar-refractivity contribution in [3.05, 3.63) is 30.7 Å². The quantitative estimate of drug-likeness (QED) is 0.686. The zero-order valence-electron chi connectivity index (χ0n) is 15.5. The molecule has 1 amide bonds. The third-order valence-corrected chi connectivity index (χ3v) is 5.02. The van der Waals surface area contributed by atoms with Crippen molar-refractivity contribution in [1.82, 2.24) is 24.6 Å². The van der Waals surface area contributed by atoms with E-state index < -0.39 is 6.55 Å². The van der Waals surface area contributed by atoms with Gasteiger partial charge in [-0.3, -0.25) is 4.79 Å². The maximum atomic E-state index is 13.0. The lowest BCUT2D eigenvalue weighted by atomic mass is 10.0. The maximum absolute atomic E-state index is 13.0. The molecule has 2 N–H and O–H groups in total. The summed E-state index contributed by atoms with van der Waals surface area (Å²) in [4.78, 5) is 21.2. The second-order valence-electron chi connectivity index (χ2n) is 6.90. The van der Waals surface area contributed by atoms with Crippen molar-refractivity contribution in [2.24, 2.45) is 0 Å². The lowest BCUT2D eigenvalue weighted by Gasteiger charge is -2.33. The molecule has 0 saturated carbocycles. The Balaban J connectivity index is 1.66. The van der Waals surface area contributed by atoms with E-state index in [0.29, 0.717) is 34.7 Å². The highest BCUT2D eigenvalue weighted by molar-refractivity contribution is 5.97. The molecule has 8 nitrogen and oxygen atoms in total. The number of likely N-dealkylation sites (tertiary alicyclic amines) is 1. The van der Waals surface area contributed by atoms with Crippen LogP contribution >= 0.6 is 0 Å². The molecule has 1 aliphatic rings. The van der Waals surface area contributed by atoms with Crippen LogP contribution in [0.4, 0.5) is 14.5 Å². The molecule has 1 aliphatic heterocycles. The molecule has 0 aliphatic carbocycles. The Morgan fingerprint density at radius 1 is 1.45 bits per heavy atom. The average molecular weight is 399 g/mol. The number of halogens is 2. The molecule has 4 heterocycles. The normalized spacial score (nSPS) is 16.9.